The van der Waals surface area contributed by atoms with Gasteiger partial charge in [0.05, 0.1) is 14.2 Å². The molecule has 0 aliphatic rings. The summed E-state index contributed by atoms with van der Waals surface area (Å²) < 4.78 is 10.8. The second-order valence-electron chi connectivity index (χ2n) is 4.64. The lowest BCUT2D eigenvalue weighted by Gasteiger charge is -2.16. The van der Waals surface area contributed by atoms with Crippen molar-refractivity contribution in [2.45, 2.75) is 24.4 Å². The summed E-state index contributed by atoms with van der Waals surface area (Å²) in [5, 5.41) is 5.67. The van der Waals surface area contributed by atoms with E-state index < -0.39 is 0 Å². The Hall–Kier alpha value is -1.17. The van der Waals surface area contributed by atoms with Crippen LogP contribution in [0.3, 0.4) is 0 Å². The molecular weight excluding hydrogens is 302 g/mol. The maximum atomic E-state index is 5.40. The largest absolute Gasteiger partial charge is 0.493 e. The minimum atomic E-state index is 0.341. The van der Waals surface area contributed by atoms with Crippen LogP contribution in [0, 0.1) is 0 Å². The molecule has 1 atom stereocenters. The lowest BCUT2D eigenvalue weighted by Crippen LogP contribution is -2.17. The van der Waals surface area contributed by atoms with Crippen molar-refractivity contribution in [1.82, 2.24) is 5.32 Å². The molecule has 3 nitrogen and oxygen atoms in total. The summed E-state index contributed by atoms with van der Waals surface area (Å²) in [5.74, 6) is 1.55. The lowest BCUT2D eigenvalue weighted by molar-refractivity contribution is 0.353. The Morgan fingerprint density at radius 1 is 1.24 bits per heavy atom. The smallest absolute Gasteiger partial charge is 0.161 e. The summed E-state index contributed by atoms with van der Waals surface area (Å²) >= 11 is 3.50. The van der Waals surface area contributed by atoms with E-state index in [1.165, 1.54) is 15.3 Å². The van der Waals surface area contributed by atoms with Crippen molar-refractivity contribution < 1.29 is 9.47 Å². The van der Waals surface area contributed by atoms with E-state index in [9.17, 15) is 0 Å². The molecule has 0 fully saturated rings. The number of benzene rings is 1. The molecule has 1 heterocycles. The summed E-state index contributed by atoms with van der Waals surface area (Å²) in [5.41, 5.74) is 1.23. The van der Waals surface area contributed by atoms with Crippen molar-refractivity contribution in [3.05, 3.63) is 40.1 Å². The van der Waals surface area contributed by atoms with E-state index in [4.69, 9.17) is 9.47 Å². The van der Waals surface area contributed by atoms with Crippen LogP contribution < -0.4 is 14.8 Å². The highest BCUT2D eigenvalue weighted by molar-refractivity contribution is 7.98. The zero-order chi connectivity index (χ0) is 15.2. The zero-order valence-electron chi connectivity index (χ0n) is 12.8. The minimum absolute atomic E-state index is 0.341. The Labute approximate surface area is 134 Å². The second kappa shape index (κ2) is 7.73. The molecule has 0 bridgehead atoms. The number of nitrogens with one attached hydrogen (secondary N) is 1. The molecule has 0 saturated heterocycles. The average Bonchev–Trinajstić information content (AvgIpc) is 3.06. The molecule has 114 valence electrons. The summed E-state index contributed by atoms with van der Waals surface area (Å²) in [6.45, 7) is 2.99. The number of ether oxygens (including phenoxy) is 2. The molecule has 0 aliphatic carbocycles. The second-order valence-corrected chi connectivity index (χ2v) is 6.46. The molecule has 1 N–H and O–H groups in total. The van der Waals surface area contributed by atoms with Crippen molar-refractivity contribution in [1.29, 1.82) is 0 Å². The van der Waals surface area contributed by atoms with Gasteiger partial charge in [-0.05, 0) is 42.3 Å². The van der Waals surface area contributed by atoms with Crippen molar-refractivity contribution >= 4 is 23.1 Å². The van der Waals surface area contributed by atoms with Crippen LogP contribution in [0.5, 0.6) is 11.5 Å². The van der Waals surface area contributed by atoms with Crippen molar-refractivity contribution in [3.63, 3.8) is 0 Å². The number of rotatable bonds is 7. The van der Waals surface area contributed by atoms with Gasteiger partial charge in [0.2, 0.25) is 0 Å². The first kappa shape index (κ1) is 16.2. The van der Waals surface area contributed by atoms with Gasteiger partial charge in [-0.3, -0.25) is 0 Å². The first-order valence-electron chi connectivity index (χ1n) is 6.75. The van der Waals surface area contributed by atoms with Crippen molar-refractivity contribution in [2.75, 3.05) is 20.5 Å². The normalized spacial score (nSPS) is 12.2. The van der Waals surface area contributed by atoms with E-state index in [1.54, 1.807) is 37.3 Å². The van der Waals surface area contributed by atoms with Gasteiger partial charge in [0.1, 0.15) is 0 Å². The van der Waals surface area contributed by atoms with Crippen LogP contribution in [0.1, 0.15) is 23.4 Å². The Balaban J connectivity index is 2.15. The van der Waals surface area contributed by atoms with Gasteiger partial charge in [0, 0.05) is 22.4 Å². The van der Waals surface area contributed by atoms with Gasteiger partial charge in [-0.15, -0.1) is 23.1 Å². The fourth-order valence-electron chi connectivity index (χ4n) is 2.13. The fraction of sp³-hybridized carbons (Fsp3) is 0.375. The predicted octanol–water partition coefficient (Wildman–Crippen LogP) is 4.34. The van der Waals surface area contributed by atoms with Crippen LogP contribution in [-0.4, -0.2) is 20.5 Å². The van der Waals surface area contributed by atoms with Gasteiger partial charge in [-0.2, -0.15) is 0 Å². The molecule has 0 amide bonds. The van der Waals surface area contributed by atoms with E-state index in [2.05, 4.69) is 42.1 Å². The van der Waals surface area contributed by atoms with E-state index in [-0.39, 0.29) is 0 Å². The molecular formula is C16H21NO2S2. The van der Waals surface area contributed by atoms with E-state index >= 15 is 0 Å². The summed E-state index contributed by atoms with van der Waals surface area (Å²) in [4.78, 5) is 2.56. The summed E-state index contributed by atoms with van der Waals surface area (Å²) in [6, 6.07) is 8.68. The first-order chi connectivity index (χ1) is 10.2. The number of hydrogen-bond donors (Lipinski definition) is 1. The van der Waals surface area contributed by atoms with Crippen LogP contribution >= 0.6 is 23.1 Å². The van der Waals surface area contributed by atoms with Gasteiger partial charge in [0.25, 0.3) is 0 Å². The van der Waals surface area contributed by atoms with Crippen molar-refractivity contribution in [3.8, 4) is 11.5 Å². The molecule has 0 radical (unpaired) electrons. The SMILES string of the molecule is COc1cc(CN[C@H](C)c2cccs2)c(SC)cc1OC. The molecule has 2 aromatic rings. The van der Waals surface area contributed by atoms with Crippen LogP contribution in [0.15, 0.2) is 34.5 Å². The van der Waals surface area contributed by atoms with E-state index in [0.717, 1.165) is 18.0 Å². The third kappa shape index (κ3) is 3.93. The first-order valence-corrected chi connectivity index (χ1v) is 8.85. The number of methoxy groups -OCH3 is 2. The topological polar surface area (TPSA) is 30.5 Å². The number of hydrogen-bond acceptors (Lipinski definition) is 5. The molecule has 0 saturated carbocycles. The molecule has 5 heteroatoms. The molecule has 0 aliphatic heterocycles. The molecule has 2 rings (SSSR count). The highest BCUT2D eigenvalue weighted by Crippen LogP contribution is 2.34. The van der Waals surface area contributed by atoms with Crippen molar-refractivity contribution in [2.24, 2.45) is 0 Å². The van der Waals surface area contributed by atoms with Crippen LogP contribution in [0.2, 0.25) is 0 Å². The summed E-state index contributed by atoms with van der Waals surface area (Å²) in [6.07, 6.45) is 2.08. The molecule has 1 aromatic heterocycles. The highest BCUT2D eigenvalue weighted by Gasteiger charge is 2.12. The fourth-order valence-corrected chi connectivity index (χ4v) is 3.51. The minimum Gasteiger partial charge on any atom is -0.493 e. The van der Waals surface area contributed by atoms with Crippen LogP contribution in [0.4, 0.5) is 0 Å². The predicted molar refractivity (Wildman–Crippen MR) is 90.9 cm³/mol. The van der Waals surface area contributed by atoms with Gasteiger partial charge in [-0.25, -0.2) is 0 Å². The zero-order valence-corrected chi connectivity index (χ0v) is 14.4. The maximum Gasteiger partial charge on any atom is 0.161 e. The number of thiophene rings is 1. The monoisotopic (exact) mass is 323 g/mol. The molecule has 0 unspecified atom stereocenters. The Kier molecular flexibility index (Phi) is 5.96. The molecule has 1 aromatic carbocycles. The third-order valence-electron chi connectivity index (χ3n) is 3.36. The van der Waals surface area contributed by atoms with Gasteiger partial charge >= 0.3 is 0 Å². The average molecular weight is 323 g/mol. The Morgan fingerprint density at radius 2 is 1.95 bits per heavy atom. The Morgan fingerprint density at radius 3 is 2.52 bits per heavy atom. The Bertz CT molecular complexity index is 570. The lowest BCUT2D eigenvalue weighted by atomic mass is 10.1. The van der Waals surface area contributed by atoms with E-state index in [1.807, 2.05) is 6.07 Å². The van der Waals surface area contributed by atoms with E-state index in [0.29, 0.717) is 6.04 Å². The summed E-state index contributed by atoms with van der Waals surface area (Å²) in [7, 11) is 3.33. The molecule has 0 spiro atoms. The number of thioether (sulfide) groups is 1. The maximum absolute atomic E-state index is 5.40. The van der Waals surface area contributed by atoms with Gasteiger partial charge < -0.3 is 14.8 Å². The van der Waals surface area contributed by atoms with Gasteiger partial charge in [-0.1, -0.05) is 6.07 Å². The quantitative estimate of drug-likeness (QED) is 0.768. The molecule has 21 heavy (non-hydrogen) atoms. The van der Waals surface area contributed by atoms with Crippen LogP contribution in [-0.2, 0) is 6.54 Å². The third-order valence-corrected chi connectivity index (χ3v) is 5.23. The van der Waals surface area contributed by atoms with Gasteiger partial charge in [0.15, 0.2) is 11.5 Å². The highest BCUT2D eigenvalue weighted by atomic mass is 32.2. The standard InChI is InChI=1S/C16H21NO2S2/c1-11(15-6-5-7-21-15)17-10-12-8-13(18-2)14(19-3)9-16(12)20-4/h5-9,11,17H,10H2,1-4H3/t11-/m1/s1. The van der Waals surface area contributed by atoms with Crippen LogP contribution in [0.25, 0.3) is 0 Å².